The van der Waals surface area contributed by atoms with E-state index in [1.54, 1.807) is 10.7 Å². The van der Waals surface area contributed by atoms with E-state index in [1.165, 1.54) is 31.8 Å². The van der Waals surface area contributed by atoms with E-state index < -0.39 is 10.0 Å². The number of hydrogen-bond donors (Lipinski definition) is 1. The van der Waals surface area contributed by atoms with Crippen LogP contribution in [0.3, 0.4) is 0 Å². The van der Waals surface area contributed by atoms with Crippen LogP contribution in [0.15, 0.2) is 41.3 Å². The maximum Gasteiger partial charge on any atom is 0.242 e. The minimum Gasteiger partial charge on any atom is -0.326 e. The minimum absolute atomic E-state index is 0.126. The Morgan fingerprint density at radius 2 is 1.86 bits per heavy atom. The van der Waals surface area contributed by atoms with Crippen LogP contribution in [0.4, 0.5) is 5.69 Å². The Morgan fingerprint density at radius 3 is 2.54 bits per heavy atom. The number of anilines is 1. The van der Waals surface area contributed by atoms with Crippen molar-refractivity contribution >= 4 is 32.7 Å². The summed E-state index contributed by atoms with van der Waals surface area (Å²) in [5, 5.41) is 11.0. The van der Waals surface area contributed by atoms with E-state index in [2.05, 4.69) is 15.6 Å². The second-order valence-corrected chi connectivity index (χ2v) is 9.00. The zero-order valence-corrected chi connectivity index (χ0v) is 17.1. The molecule has 0 saturated carbocycles. The summed E-state index contributed by atoms with van der Waals surface area (Å²) in [6.07, 6.45) is 0.225. The highest BCUT2D eigenvalue weighted by atomic mass is 32.2. The molecule has 0 aliphatic heterocycles. The fourth-order valence-corrected chi connectivity index (χ4v) is 3.66. The third-order valence-corrected chi connectivity index (χ3v) is 6.42. The van der Waals surface area contributed by atoms with Gasteiger partial charge in [-0.15, -0.1) is 5.10 Å². The highest BCUT2D eigenvalue weighted by molar-refractivity contribution is 7.89. The molecule has 9 heteroatoms. The van der Waals surface area contributed by atoms with Gasteiger partial charge in [-0.3, -0.25) is 4.79 Å². The van der Waals surface area contributed by atoms with E-state index >= 15 is 0 Å². The molecule has 0 aliphatic rings. The molecule has 1 aromatic heterocycles. The van der Waals surface area contributed by atoms with Gasteiger partial charge in [0.25, 0.3) is 0 Å². The molecule has 0 saturated heterocycles. The Morgan fingerprint density at radius 1 is 1.11 bits per heavy atom. The number of nitrogens with one attached hydrogen (secondary N) is 1. The molecule has 0 spiro atoms. The molecule has 1 amide bonds. The van der Waals surface area contributed by atoms with Gasteiger partial charge in [0.15, 0.2) is 0 Å². The van der Waals surface area contributed by atoms with Gasteiger partial charge < -0.3 is 5.32 Å². The summed E-state index contributed by atoms with van der Waals surface area (Å²) >= 11 is 0. The zero-order valence-electron chi connectivity index (χ0n) is 16.3. The topological polar surface area (TPSA) is 97.2 Å². The molecular formula is C19H23N5O3S. The molecule has 0 unspecified atom stereocenters. The van der Waals surface area contributed by atoms with Crippen molar-refractivity contribution in [2.75, 3.05) is 19.4 Å². The van der Waals surface area contributed by atoms with Crippen LogP contribution in [0.25, 0.3) is 11.0 Å². The molecule has 0 aliphatic carbocycles. The van der Waals surface area contributed by atoms with E-state index in [9.17, 15) is 13.2 Å². The molecule has 0 fully saturated rings. The normalized spacial score (nSPS) is 11.9. The van der Waals surface area contributed by atoms with Crippen molar-refractivity contribution in [1.29, 1.82) is 0 Å². The predicted molar refractivity (Wildman–Crippen MR) is 108 cm³/mol. The van der Waals surface area contributed by atoms with Gasteiger partial charge in [-0.2, -0.15) is 0 Å². The number of sulfonamides is 1. The number of carbonyl (C=O) groups is 1. The number of aryl methyl sites for hydroxylation is 3. The first kappa shape index (κ1) is 20.0. The summed E-state index contributed by atoms with van der Waals surface area (Å²) in [7, 11) is -0.580. The fourth-order valence-electron chi connectivity index (χ4n) is 2.74. The van der Waals surface area contributed by atoms with Crippen molar-refractivity contribution in [2.24, 2.45) is 0 Å². The largest absolute Gasteiger partial charge is 0.326 e. The molecular weight excluding hydrogens is 378 g/mol. The fraction of sp³-hybridized carbons (Fsp3) is 0.316. The van der Waals surface area contributed by atoms with Gasteiger partial charge >= 0.3 is 0 Å². The summed E-state index contributed by atoms with van der Waals surface area (Å²) in [5.41, 5.74) is 4.19. The standard InChI is InChI=1S/C19H23N5O3S/c1-13-5-6-15(11-14(13)2)20-19(25)9-10-24-18-8-7-16(12-17(18)21-22-24)28(26,27)23(3)4/h5-8,11-12H,9-10H2,1-4H3,(H,20,25). The van der Waals surface area contributed by atoms with Gasteiger partial charge in [0, 0.05) is 26.2 Å². The van der Waals surface area contributed by atoms with E-state index in [0.717, 1.165) is 15.6 Å². The zero-order chi connectivity index (χ0) is 20.5. The van der Waals surface area contributed by atoms with Gasteiger partial charge in [-0.05, 0) is 55.3 Å². The summed E-state index contributed by atoms with van der Waals surface area (Å²) in [6.45, 7) is 4.36. The Bertz CT molecular complexity index is 1140. The number of hydrogen-bond acceptors (Lipinski definition) is 5. The minimum atomic E-state index is -3.53. The first-order chi connectivity index (χ1) is 13.2. The first-order valence-corrected chi connectivity index (χ1v) is 10.3. The number of amides is 1. The van der Waals surface area contributed by atoms with Gasteiger partial charge in [-0.25, -0.2) is 17.4 Å². The van der Waals surface area contributed by atoms with Crippen molar-refractivity contribution in [3.63, 3.8) is 0 Å². The quantitative estimate of drug-likeness (QED) is 0.684. The lowest BCUT2D eigenvalue weighted by atomic mass is 10.1. The van der Waals surface area contributed by atoms with E-state index in [0.29, 0.717) is 17.6 Å². The predicted octanol–water partition coefficient (Wildman–Crippen LogP) is 2.33. The number of rotatable bonds is 6. The highest BCUT2D eigenvalue weighted by Crippen LogP contribution is 2.20. The van der Waals surface area contributed by atoms with Gasteiger partial charge in [0.1, 0.15) is 5.52 Å². The van der Waals surface area contributed by atoms with Crippen molar-refractivity contribution in [2.45, 2.75) is 31.7 Å². The highest BCUT2D eigenvalue weighted by Gasteiger charge is 2.19. The lowest BCUT2D eigenvalue weighted by molar-refractivity contribution is -0.116. The second kappa shape index (κ2) is 7.69. The van der Waals surface area contributed by atoms with Crippen LogP contribution in [0, 0.1) is 13.8 Å². The third-order valence-electron chi connectivity index (χ3n) is 4.61. The molecule has 0 atom stereocenters. The molecule has 28 heavy (non-hydrogen) atoms. The van der Waals surface area contributed by atoms with Gasteiger partial charge in [0.2, 0.25) is 15.9 Å². The number of aromatic nitrogens is 3. The molecule has 1 heterocycles. The first-order valence-electron chi connectivity index (χ1n) is 8.81. The maximum absolute atomic E-state index is 12.2. The maximum atomic E-state index is 12.2. The average molecular weight is 401 g/mol. The average Bonchev–Trinajstić information content (AvgIpc) is 3.05. The van der Waals surface area contributed by atoms with Crippen LogP contribution in [0.2, 0.25) is 0 Å². The molecule has 3 rings (SSSR count). The molecule has 1 N–H and O–H groups in total. The summed E-state index contributed by atoms with van der Waals surface area (Å²) in [6, 6.07) is 10.4. The van der Waals surface area contributed by atoms with Crippen LogP contribution < -0.4 is 5.32 Å². The number of carbonyl (C=O) groups excluding carboxylic acids is 1. The summed E-state index contributed by atoms with van der Waals surface area (Å²) in [4.78, 5) is 12.4. The van der Waals surface area contributed by atoms with Crippen LogP contribution in [-0.4, -0.2) is 47.7 Å². The summed E-state index contributed by atoms with van der Waals surface area (Å²) < 4.78 is 27.2. The van der Waals surface area contributed by atoms with Gasteiger partial charge in [0.05, 0.1) is 17.0 Å². The number of fused-ring (bicyclic) bond motifs is 1. The smallest absolute Gasteiger partial charge is 0.242 e. The molecule has 2 aromatic carbocycles. The van der Waals surface area contributed by atoms with Crippen molar-refractivity contribution < 1.29 is 13.2 Å². The third kappa shape index (κ3) is 4.05. The monoisotopic (exact) mass is 401 g/mol. The molecule has 0 radical (unpaired) electrons. The van der Waals surface area contributed by atoms with Crippen molar-refractivity contribution in [3.05, 3.63) is 47.5 Å². The van der Waals surface area contributed by atoms with Crippen LogP contribution in [-0.2, 0) is 21.4 Å². The Kier molecular flexibility index (Phi) is 5.48. The molecule has 8 nitrogen and oxygen atoms in total. The Balaban J connectivity index is 1.71. The second-order valence-electron chi connectivity index (χ2n) is 6.85. The number of nitrogens with zero attached hydrogens (tertiary/aromatic N) is 4. The van der Waals surface area contributed by atoms with E-state index in [-0.39, 0.29) is 17.2 Å². The van der Waals surface area contributed by atoms with Crippen LogP contribution >= 0.6 is 0 Å². The molecule has 0 bridgehead atoms. The van der Waals surface area contributed by atoms with Crippen LogP contribution in [0.1, 0.15) is 17.5 Å². The Hall–Kier alpha value is -2.78. The lowest BCUT2D eigenvalue weighted by Crippen LogP contribution is -2.22. The lowest BCUT2D eigenvalue weighted by Gasteiger charge is -2.11. The van der Waals surface area contributed by atoms with Gasteiger partial charge in [-0.1, -0.05) is 11.3 Å². The molecule has 148 valence electrons. The summed E-state index contributed by atoms with van der Waals surface area (Å²) in [5.74, 6) is -0.126. The van der Waals surface area contributed by atoms with E-state index in [4.69, 9.17) is 0 Å². The van der Waals surface area contributed by atoms with E-state index in [1.807, 2.05) is 32.0 Å². The van der Waals surface area contributed by atoms with Crippen molar-refractivity contribution in [1.82, 2.24) is 19.3 Å². The van der Waals surface area contributed by atoms with Crippen molar-refractivity contribution in [3.8, 4) is 0 Å². The Labute approximate surface area is 164 Å². The number of benzene rings is 2. The SMILES string of the molecule is Cc1ccc(NC(=O)CCn2nnc3cc(S(=O)(=O)N(C)C)ccc32)cc1C. The molecule has 3 aromatic rings. The van der Waals surface area contributed by atoms with Crippen LogP contribution in [0.5, 0.6) is 0 Å².